The highest BCUT2D eigenvalue weighted by molar-refractivity contribution is 5.82. The summed E-state index contributed by atoms with van der Waals surface area (Å²) in [5.74, 6) is 9.40. The molecule has 2 N–H and O–H groups in total. The fraction of sp³-hybridized carbons (Fsp3) is 0.545. The first-order valence-corrected chi connectivity index (χ1v) is 8.57. The van der Waals surface area contributed by atoms with Crippen LogP contribution in [0.1, 0.15) is 55.4 Å². The SMILES string of the molecule is C=CC(=O)OC(C)(C)C#CC(C)(C)OC(=O)C=C.CC(C)(O)C#CC(C)(C)O. The Bertz CT molecular complexity index is 636. The summed E-state index contributed by atoms with van der Waals surface area (Å²) in [6, 6.07) is 0. The summed E-state index contributed by atoms with van der Waals surface area (Å²) >= 11 is 0. The van der Waals surface area contributed by atoms with Gasteiger partial charge in [0.2, 0.25) is 0 Å². The standard InChI is InChI=1S/C14H18O4.C8H14O2/c1-7-11(15)17-13(3,4)9-10-14(5,6)18-12(16)8-2;1-7(2,9)5-6-8(3,4)10/h7-8H,1-2H2,3-6H3;9-10H,1-4H3. The second-order valence-corrected chi connectivity index (χ2v) is 7.89. The Labute approximate surface area is 168 Å². The predicted molar refractivity (Wildman–Crippen MR) is 109 cm³/mol. The molecule has 0 aromatic carbocycles. The normalized spacial score (nSPS) is 11.2. The number of hydrogen-bond donors (Lipinski definition) is 2. The summed E-state index contributed by atoms with van der Waals surface area (Å²) in [6.07, 6.45) is 2.12. The number of esters is 2. The Morgan fingerprint density at radius 2 is 0.929 bits per heavy atom. The molecule has 0 atom stereocenters. The van der Waals surface area contributed by atoms with E-state index in [0.29, 0.717) is 0 Å². The Morgan fingerprint density at radius 1 is 0.679 bits per heavy atom. The number of rotatable bonds is 4. The van der Waals surface area contributed by atoms with Gasteiger partial charge in [0.15, 0.2) is 11.2 Å². The highest BCUT2D eigenvalue weighted by Crippen LogP contribution is 2.12. The fourth-order valence-electron chi connectivity index (χ4n) is 1.24. The van der Waals surface area contributed by atoms with Gasteiger partial charge in [-0.15, -0.1) is 0 Å². The molecule has 0 amide bonds. The van der Waals surface area contributed by atoms with Gasteiger partial charge in [-0.3, -0.25) is 0 Å². The molecular formula is C22H32O6. The topological polar surface area (TPSA) is 93.1 Å². The van der Waals surface area contributed by atoms with E-state index in [1.165, 1.54) is 0 Å². The predicted octanol–water partition coefficient (Wildman–Crippen LogP) is 2.54. The van der Waals surface area contributed by atoms with Crippen molar-refractivity contribution >= 4 is 11.9 Å². The quantitative estimate of drug-likeness (QED) is 0.434. The smallest absolute Gasteiger partial charge is 0.331 e. The maximum absolute atomic E-state index is 11.1. The number of carbonyl (C=O) groups is 2. The molecule has 0 saturated carbocycles. The summed E-state index contributed by atoms with van der Waals surface area (Å²) in [6.45, 7) is 19.4. The second kappa shape index (κ2) is 10.7. The molecule has 0 fully saturated rings. The first-order valence-electron chi connectivity index (χ1n) is 8.57. The van der Waals surface area contributed by atoms with E-state index in [2.05, 4.69) is 36.8 Å². The van der Waals surface area contributed by atoms with Crippen LogP contribution < -0.4 is 0 Å². The molecule has 156 valence electrons. The molecular weight excluding hydrogens is 360 g/mol. The largest absolute Gasteiger partial charge is 0.443 e. The van der Waals surface area contributed by atoms with Gasteiger partial charge in [-0.2, -0.15) is 0 Å². The van der Waals surface area contributed by atoms with Crippen molar-refractivity contribution in [2.45, 2.75) is 77.8 Å². The third-order valence-electron chi connectivity index (χ3n) is 2.38. The number of aliphatic hydroxyl groups is 2. The van der Waals surface area contributed by atoms with Crippen LogP contribution in [-0.2, 0) is 19.1 Å². The van der Waals surface area contributed by atoms with Crippen molar-refractivity contribution in [1.82, 2.24) is 0 Å². The molecule has 0 spiro atoms. The highest BCUT2D eigenvalue weighted by Gasteiger charge is 2.22. The molecule has 6 heteroatoms. The molecule has 28 heavy (non-hydrogen) atoms. The van der Waals surface area contributed by atoms with E-state index in [1.54, 1.807) is 55.4 Å². The zero-order chi connectivity index (χ0) is 22.8. The van der Waals surface area contributed by atoms with E-state index in [4.69, 9.17) is 19.7 Å². The Hall–Kier alpha value is -2.54. The second-order valence-electron chi connectivity index (χ2n) is 7.89. The van der Waals surface area contributed by atoms with Crippen molar-refractivity contribution in [2.75, 3.05) is 0 Å². The number of hydrogen-bond acceptors (Lipinski definition) is 6. The molecule has 0 heterocycles. The van der Waals surface area contributed by atoms with Gasteiger partial charge >= 0.3 is 11.9 Å². The summed E-state index contributed by atoms with van der Waals surface area (Å²) in [4.78, 5) is 22.1. The van der Waals surface area contributed by atoms with Crippen molar-refractivity contribution in [1.29, 1.82) is 0 Å². The van der Waals surface area contributed by atoms with E-state index < -0.39 is 34.3 Å². The lowest BCUT2D eigenvalue weighted by molar-refractivity contribution is -0.147. The van der Waals surface area contributed by atoms with Gasteiger partial charge in [0.1, 0.15) is 11.2 Å². The van der Waals surface area contributed by atoms with Gasteiger partial charge in [-0.05, 0) is 55.4 Å². The zero-order valence-corrected chi connectivity index (χ0v) is 18.1. The molecule has 0 bridgehead atoms. The average molecular weight is 392 g/mol. The molecule has 0 aliphatic heterocycles. The minimum atomic E-state index is -1.01. The van der Waals surface area contributed by atoms with Crippen LogP contribution in [-0.4, -0.2) is 44.6 Å². The molecule has 0 rings (SSSR count). The Kier molecular flexibility index (Phi) is 10.6. The summed E-state index contributed by atoms with van der Waals surface area (Å²) in [5.41, 5.74) is -3.99. The van der Waals surface area contributed by atoms with Gasteiger partial charge < -0.3 is 19.7 Å². The van der Waals surface area contributed by atoms with Gasteiger partial charge in [0.05, 0.1) is 0 Å². The lowest BCUT2D eigenvalue weighted by atomic mass is 10.1. The summed E-state index contributed by atoms with van der Waals surface area (Å²) in [7, 11) is 0. The van der Waals surface area contributed by atoms with Crippen LogP contribution in [0.15, 0.2) is 25.3 Å². The molecule has 0 saturated heterocycles. The first-order chi connectivity index (χ1) is 12.3. The van der Waals surface area contributed by atoms with Gasteiger partial charge in [-0.25, -0.2) is 9.59 Å². The van der Waals surface area contributed by atoms with Crippen LogP contribution in [0.4, 0.5) is 0 Å². The third-order valence-corrected chi connectivity index (χ3v) is 2.38. The van der Waals surface area contributed by atoms with E-state index in [0.717, 1.165) is 12.2 Å². The molecule has 0 aliphatic rings. The van der Waals surface area contributed by atoms with Crippen molar-refractivity contribution in [2.24, 2.45) is 0 Å². The van der Waals surface area contributed by atoms with Crippen LogP contribution in [0.25, 0.3) is 0 Å². The third kappa shape index (κ3) is 18.3. The molecule has 0 aromatic rings. The van der Waals surface area contributed by atoms with Crippen molar-refractivity contribution in [3.63, 3.8) is 0 Å². The monoisotopic (exact) mass is 392 g/mol. The summed E-state index contributed by atoms with van der Waals surface area (Å²) in [5, 5.41) is 18.2. The Balaban J connectivity index is 0. The van der Waals surface area contributed by atoms with Crippen LogP contribution in [0.3, 0.4) is 0 Å². The maximum atomic E-state index is 11.1. The van der Waals surface area contributed by atoms with E-state index in [1.807, 2.05) is 0 Å². The van der Waals surface area contributed by atoms with Crippen molar-refractivity contribution in [3.8, 4) is 23.7 Å². The Morgan fingerprint density at radius 3 is 1.11 bits per heavy atom. The summed E-state index contributed by atoms with van der Waals surface area (Å²) < 4.78 is 10.0. The fourth-order valence-corrected chi connectivity index (χ4v) is 1.24. The van der Waals surface area contributed by atoms with Crippen molar-refractivity contribution in [3.05, 3.63) is 25.3 Å². The van der Waals surface area contributed by atoms with Crippen molar-refractivity contribution < 1.29 is 29.3 Å². The van der Waals surface area contributed by atoms with Gasteiger partial charge in [0, 0.05) is 12.2 Å². The molecule has 0 aliphatic carbocycles. The van der Waals surface area contributed by atoms with Gasteiger partial charge in [-0.1, -0.05) is 36.8 Å². The van der Waals surface area contributed by atoms with Gasteiger partial charge in [0.25, 0.3) is 0 Å². The number of ether oxygens (including phenoxy) is 2. The van der Waals surface area contributed by atoms with E-state index in [9.17, 15) is 9.59 Å². The van der Waals surface area contributed by atoms with Crippen LogP contribution in [0.5, 0.6) is 0 Å². The van der Waals surface area contributed by atoms with Crippen LogP contribution in [0, 0.1) is 23.7 Å². The number of carbonyl (C=O) groups excluding carboxylic acids is 2. The average Bonchev–Trinajstić information content (AvgIpc) is 2.50. The van der Waals surface area contributed by atoms with E-state index >= 15 is 0 Å². The lowest BCUT2D eigenvalue weighted by Crippen LogP contribution is -2.29. The molecule has 0 aromatic heterocycles. The minimum Gasteiger partial charge on any atom is -0.443 e. The van der Waals surface area contributed by atoms with Crippen LogP contribution >= 0.6 is 0 Å². The maximum Gasteiger partial charge on any atom is 0.331 e. The highest BCUT2D eigenvalue weighted by atomic mass is 16.6. The molecule has 0 radical (unpaired) electrons. The van der Waals surface area contributed by atoms with Crippen LogP contribution in [0.2, 0.25) is 0 Å². The molecule has 0 unspecified atom stereocenters. The minimum absolute atomic E-state index is 0.560. The molecule has 6 nitrogen and oxygen atoms in total. The van der Waals surface area contributed by atoms with E-state index in [-0.39, 0.29) is 0 Å². The zero-order valence-electron chi connectivity index (χ0n) is 18.1. The first kappa shape index (κ1) is 27.7. The lowest BCUT2D eigenvalue weighted by Gasteiger charge is -2.21.